The standard InChI is InChI=1S/C15H20N2O/c1-12-5-6-13(2)15(10-12)17-8-7-16-11-14-4-3-9-18-14/h3-6,9-10,16-17H,7-8,11H2,1-2H3. The van der Waals surface area contributed by atoms with Crippen molar-refractivity contribution < 1.29 is 4.42 Å². The molecule has 0 spiro atoms. The maximum Gasteiger partial charge on any atom is 0.117 e. The van der Waals surface area contributed by atoms with Crippen LogP contribution in [0.15, 0.2) is 41.0 Å². The Hall–Kier alpha value is -1.74. The first-order valence-electron chi connectivity index (χ1n) is 6.30. The normalized spacial score (nSPS) is 10.6. The van der Waals surface area contributed by atoms with Crippen molar-refractivity contribution in [2.24, 2.45) is 0 Å². The second kappa shape index (κ2) is 6.26. The highest BCUT2D eigenvalue weighted by Gasteiger charge is 1.98. The predicted molar refractivity (Wildman–Crippen MR) is 74.8 cm³/mol. The summed E-state index contributed by atoms with van der Waals surface area (Å²) in [6.45, 7) is 6.83. The topological polar surface area (TPSA) is 37.2 Å². The average Bonchev–Trinajstić information content (AvgIpc) is 2.86. The molecule has 2 N–H and O–H groups in total. The van der Waals surface area contributed by atoms with Gasteiger partial charge in [-0.25, -0.2) is 0 Å². The Kier molecular flexibility index (Phi) is 4.42. The molecule has 0 aliphatic rings. The third kappa shape index (κ3) is 3.64. The van der Waals surface area contributed by atoms with Gasteiger partial charge in [0.1, 0.15) is 5.76 Å². The average molecular weight is 244 g/mol. The van der Waals surface area contributed by atoms with E-state index in [4.69, 9.17) is 4.42 Å². The first-order valence-corrected chi connectivity index (χ1v) is 6.30. The first kappa shape index (κ1) is 12.7. The number of nitrogens with one attached hydrogen (secondary N) is 2. The number of furan rings is 1. The number of rotatable bonds is 6. The van der Waals surface area contributed by atoms with Crippen LogP contribution < -0.4 is 10.6 Å². The van der Waals surface area contributed by atoms with Crippen molar-refractivity contribution in [2.75, 3.05) is 18.4 Å². The van der Waals surface area contributed by atoms with E-state index in [1.165, 1.54) is 16.8 Å². The minimum Gasteiger partial charge on any atom is -0.468 e. The zero-order chi connectivity index (χ0) is 12.8. The highest BCUT2D eigenvalue weighted by molar-refractivity contribution is 5.52. The third-order valence-corrected chi connectivity index (χ3v) is 2.89. The Labute approximate surface area is 108 Å². The van der Waals surface area contributed by atoms with E-state index in [0.29, 0.717) is 0 Å². The molecule has 0 aliphatic carbocycles. The smallest absolute Gasteiger partial charge is 0.117 e. The number of anilines is 1. The zero-order valence-electron chi connectivity index (χ0n) is 11.0. The van der Waals surface area contributed by atoms with E-state index >= 15 is 0 Å². The lowest BCUT2D eigenvalue weighted by molar-refractivity contribution is 0.486. The molecule has 3 nitrogen and oxygen atoms in total. The molecule has 0 atom stereocenters. The highest BCUT2D eigenvalue weighted by atomic mass is 16.3. The quantitative estimate of drug-likeness (QED) is 0.767. The summed E-state index contributed by atoms with van der Waals surface area (Å²) < 4.78 is 5.25. The van der Waals surface area contributed by atoms with Gasteiger partial charge in [0.15, 0.2) is 0 Å². The van der Waals surface area contributed by atoms with Crippen LogP contribution in [0.3, 0.4) is 0 Å². The van der Waals surface area contributed by atoms with Crippen molar-refractivity contribution in [1.82, 2.24) is 5.32 Å². The molecular formula is C15H20N2O. The second-order valence-electron chi connectivity index (χ2n) is 4.50. The Morgan fingerprint density at radius 3 is 2.78 bits per heavy atom. The van der Waals surface area contributed by atoms with Crippen molar-refractivity contribution in [1.29, 1.82) is 0 Å². The lowest BCUT2D eigenvalue weighted by atomic mass is 10.1. The van der Waals surface area contributed by atoms with Gasteiger partial charge < -0.3 is 15.1 Å². The first-order chi connectivity index (χ1) is 8.75. The monoisotopic (exact) mass is 244 g/mol. The fourth-order valence-corrected chi connectivity index (χ4v) is 1.84. The molecule has 1 aromatic carbocycles. The van der Waals surface area contributed by atoms with E-state index in [1.807, 2.05) is 12.1 Å². The summed E-state index contributed by atoms with van der Waals surface area (Å²) in [5.41, 5.74) is 3.79. The van der Waals surface area contributed by atoms with Gasteiger partial charge in [-0.3, -0.25) is 0 Å². The molecule has 0 fully saturated rings. The van der Waals surface area contributed by atoms with Crippen LogP contribution in [0.1, 0.15) is 16.9 Å². The molecule has 0 bridgehead atoms. The van der Waals surface area contributed by atoms with Crippen LogP contribution in [0.4, 0.5) is 5.69 Å². The molecule has 18 heavy (non-hydrogen) atoms. The molecule has 3 heteroatoms. The largest absolute Gasteiger partial charge is 0.468 e. The van der Waals surface area contributed by atoms with E-state index in [-0.39, 0.29) is 0 Å². The van der Waals surface area contributed by atoms with Gasteiger partial charge >= 0.3 is 0 Å². The number of hydrogen-bond acceptors (Lipinski definition) is 3. The minimum absolute atomic E-state index is 0.779. The van der Waals surface area contributed by atoms with Gasteiger partial charge in [-0.1, -0.05) is 12.1 Å². The maximum absolute atomic E-state index is 5.25. The lowest BCUT2D eigenvalue weighted by Gasteiger charge is -2.10. The van der Waals surface area contributed by atoms with Gasteiger partial charge in [0, 0.05) is 18.8 Å². The summed E-state index contributed by atoms with van der Waals surface area (Å²) in [5, 5.41) is 6.78. The molecule has 1 aromatic heterocycles. The van der Waals surface area contributed by atoms with E-state index < -0.39 is 0 Å². The van der Waals surface area contributed by atoms with Crippen LogP contribution >= 0.6 is 0 Å². The molecule has 0 amide bonds. The van der Waals surface area contributed by atoms with Gasteiger partial charge in [0.05, 0.1) is 12.8 Å². The van der Waals surface area contributed by atoms with E-state index in [9.17, 15) is 0 Å². The number of hydrogen-bond donors (Lipinski definition) is 2. The zero-order valence-corrected chi connectivity index (χ0v) is 11.0. The molecule has 0 radical (unpaired) electrons. The van der Waals surface area contributed by atoms with Gasteiger partial charge in [0.25, 0.3) is 0 Å². The minimum atomic E-state index is 0.779. The fourth-order valence-electron chi connectivity index (χ4n) is 1.84. The van der Waals surface area contributed by atoms with E-state index in [2.05, 4.69) is 42.7 Å². The van der Waals surface area contributed by atoms with Crippen molar-refractivity contribution in [2.45, 2.75) is 20.4 Å². The summed E-state index contributed by atoms with van der Waals surface area (Å²) >= 11 is 0. The van der Waals surface area contributed by atoms with Crippen molar-refractivity contribution in [3.05, 3.63) is 53.5 Å². The maximum atomic E-state index is 5.25. The van der Waals surface area contributed by atoms with Crippen molar-refractivity contribution in [3.63, 3.8) is 0 Å². The molecule has 0 saturated heterocycles. The van der Waals surface area contributed by atoms with Crippen LogP contribution in [0.2, 0.25) is 0 Å². The summed E-state index contributed by atoms with van der Waals surface area (Å²) in [6.07, 6.45) is 1.70. The Bertz CT molecular complexity index is 477. The second-order valence-corrected chi connectivity index (χ2v) is 4.50. The lowest BCUT2D eigenvalue weighted by Crippen LogP contribution is -2.21. The predicted octanol–water partition coefficient (Wildman–Crippen LogP) is 3.10. The van der Waals surface area contributed by atoms with Crippen molar-refractivity contribution in [3.8, 4) is 0 Å². The molecule has 0 unspecified atom stereocenters. The van der Waals surface area contributed by atoms with Gasteiger partial charge in [-0.05, 0) is 43.2 Å². The van der Waals surface area contributed by atoms with Crippen LogP contribution in [0.25, 0.3) is 0 Å². The van der Waals surface area contributed by atoms with Crippen LogP contribution in [-0.4, -0.2) is 13.1 Å². The molecule has 2 aromatic rings. The van der Waals surface area contributed by atoms with Crippen LogP contribution in [0, 0.1) is 13.8 Å². The number of aryl methyl sites for hydroxylation is 2. The Morgan fingerprint density at radius 1 is 1.11 bits per heavy atom. The Balaban J connectivity index is 1.70. The number of benzene rings is 1. The third-order valence-electron chi connectivity index (χ3n) is 2.89. The highest BCUT2D eigenvalue weighted by Crippen LogP contribution is 2.15. The van der Waals surface area contributed by atoms with Gasteiger partial charge in [-0.15, -0.1) is 0 Å². The molecule has 96 valence electrons. The SMILES string of the molecule is Cc1ccc(C)c(NCCNCc2ccco2)c1. The summed E-state index contributed by atoms with van der Waals surface area (Å²) in [5.74, 6) is 0.974. The molecular weight excluding hydrogens is 224 g/mol. The Morgan fingerprint density at radius 2 is 2.00 bits per heavy atom. The van der Waals surface area contributed by atoms with Crippen molar-refractivity contribution >= 4 is 5.69 Å². The summed E-state index contributed by atoms with van der Waals surface area (Å²) in [6, 6.07) is 10.3. The van der Waals surface area contributed by atoms with E-state index in [1.54, 1.807) is 6.26 Å². The van der Waals surface area contributed by atoms with Crippen LogP contribution in [0.5, 0.6) is 0 Å². The summed E-state index contributed by atoms with van der Waals surface area (Å²) in [7, 11) is 0. The van der Waals surface area contributed by atoms with E-state index in [0.717, 1.165) is 25.4 Å². The molecule has 1 heterocycles. The molecule has 0 aliphatic heterocycles. The molecule has 0 saturated carbocycles. The van der Waals surface area contributed by atoms with Crippen LogP contribution in [-0.2, 0) is 6.54 Å². The summed E-state index contributed by atoms with van der Waals surface area (Å²) in [4.78, 5) is 0. The van der Waals surface area contributed by atoms with Gasteiger partial charge in [0.2, 0.25) is 0 Å². The van der Waals surface area contributed by atoms with Gasteiger partial charge in [-0.2, -0.15) is 0 Å². The molecule has 2 rings (SSSR count). The fraction of sp³-hybridized carbons (Fsp3) is 0.333.